The molecule has 3 aliphatic heterocycles. The zero-order chi connectivity index (χ0) is 18.1. The van der Waals surface area contributed by atoms with Crippen LogP contribution >= 0.6 is 28.1 Å². The van der Waals surface area contributed by atoms with Gasteiger partial charge in [0.05, 0.1) is 0 Å². The van der Waals surface area contributed by atoms with Crippen LogP contribution in [0.4, 0.5) is 0 Å². The second kappa shape index (κ2) is 7.50. The molecule has 0 aliphatic carbocycles. The van der Waals surface area contributed by atoms with Crippen molar-refractivity contribution in [3.8, 4) is 11.3 Å². The highest BCUT2D eigenvalue weighted by Crippen LogP contribution is 2.27. The van der Waals surface area contributed by atoms with E-state index in [-0.39, 0.29) is 11.7 Å². The highest BCUT2D eigenvalue weighted by molar-refractivity contribution is 9.10. The summed E-state index contributed by atoms with van der Waals surface area (Å²) in [4.78, 5) is 14.8. The molecule has 26 heavy (non-hydrogen) atoms. The minimum atomic E-state index is -0.327. The van der Waals surface area contributed by atoms with Crippen molar-refractivity contribution < 1.29 is 9.21 Å². The molecular formula is C19H20BrN3O2S. The number of halogens is 1. The lowest BCUT2D eigenvalue weighted by molar-refractivity contribution is 0.0805. The Hall–Kier alpha value is -1.70. The zero-order valence-electron chi connectivity index (χ0n) is 14.2. The first-order valence-electron chi connectivity index (χ1n) is 8.78. The van der Waals surface area contributed by atoms with Crippen molar-refractivity contribution >= 4 is 39.2 Å². The van der Waals surface area contributed by atoms with Crippen molar-refractivity contribution in [2.24, 2.45) is 5.92 Å². The van der Waals surface area contributed by atoms with Crippen molar-refractivity contribution in [1.29, 1.82) is 0 Å². The Morgan fingerprint density at radius 3 is 2.54 bits per heavy atom. The third kappa shape index (κ3) is 3.84. The van der Waals surface area contributed by atoms with Crippen LogP contribution in [-0.2, 0) is 0 Å². The number of nitrogens with one attached hydrogen (secondary N) is 2. The molecule has 5 rings (SSSR count). The van der Waals surface area contributed by atoms with E-state index >= 15 is 0 Å². The van der Waals surface area contributed by atoms with Crippen LogP contribution in [0.5, 0.6) is 0 Å². The number of benzene rings is 1. The van der Waals surface area contributed by atoms with Crippen molar-refractivity contribution in [2.75, 3.05) is 19.6 Å². The van der Waals surface area contributed by atoms with Crippen molar-refractivity contribution in [2.45, 2.75) is 18.9 Å². The van der Waals surface area contributed by atoms with Crippen LogP contribution in [0.3, 0.4) is 0 Å². The first-order valence-corrected chi connectivity index (χ1v) is 9.98. The smallest absolute Gasteiger partial charge is 0.293 e. The second-order valence-electron chi connectivity index (χ2n) is 6.84. The number of piperidine rings is 3. The topological polar surface area (TPSA) is 57.5 Å². The van der Waals surface area contributed by atoms with Gasteiger partial charge in [0.25, 0.3) is 5.91 Å². The molecule has 2 aromatic rings. The normalized spacial score (nSPS) is 24.3. The molecule has 136 valence electrons. The van der Waals surface area contributed by atoms with Gasteiger partial charge in [-0.05, 0) is 68.3 Å². The summed E-state index contributed by atoms with van der Waals surface area (Å²) in [6.45, 7) is 3.34. The van der Waals surface area contributed by atoms with Crippen LogP contribution in [0.25, 0.3) is 11.3 Å². The quantitative estimate of drug-likeness (QED) is 0.726. The molecule has 3 saturated heterocycles. The van der Waals surface area contributed by atoms with Gasteiger partial charge >= 0.3 is 0 Å². The number of hydrogen-bond donors (Lipinski definition) is 2. The summed E-state index contributed by atoms with van der Waals surface area (Å²) in [5.41, 5.74) is 0.917. The lowest BCUT2D eigenvalue weighted by Crippen LogP contribution is -2.59. The zero-order valence-corrected chi connectivity index (χ0v) is 16.6. The van der Waals surface area contributed by atoms with Gasteiger partial charge in [-0.1, -0.05) is 28.1 Å². The van der Waals surface area contributed by atoms with Crippen molar-refractivity contribution in [3.63, 3.8) is 0 Å². The first-order chi connectivity index (χ1) is 12.6. The Bertz CT molecular complexity index is 812. The van der Waals surface area contributed by atoms with Crippen LogP contribution in [0, 0.1) is 5.92 Å². The maximum Gasteiger partial charge on any atom is 0.293 e. The molecule has 3 aliphatic rings. The number of fused-ring (bicyclic) bond motifs is 3. The van der Waals surface area contributed by atoms with Gasteiger partial charge in [-0.25, -0.2) is 0 Å². The molecule has 5 nitrogen and oxygen atoms in total. The lowest BCUT2D eigenvalue weighted by atomic mass is 9.84. The fourth-order valence-corrected chi connectivity index (χ4v) is 4.24. The van der Waals surface area contributed by atoms with Gasteiger partial charge in [-0.3, -0.25) is 10.1 Å². The number of rotatable bonds is 3. The van der Waals surface area contributed by atoms with E-state index in [1.165, 1.54) is 25.9 Å². The van der Waals surface area contributed by atoms with E-state index in [2.05, 4.69) is 31.5 Å². The molecule has 2 N–H and O–H groups in total. The Kier molecular flexibility index (Phi) is 5.11. The molecule has 1 aromatic carbocycles. The monoisotopic (exact) mass is 433 g/mol. The number of carbonyl (C=O) groups is 1. The molecule has 0 spiro atoms. The van der Waals surface area contributed by atoms with E-state index in [9.17, 15) is 4.79 Å². The maximum absolute atomic E-state index is 12.4. The Labute approximate surface area is 166 Å². The molecule has 1 aromatic heterocycles. The molecule has 0 radical (unpaired) electrons. The van der Waals surface area contributed by atoms with Crippen LogP contribution in [0.15, 0.2) is 45.3 Å². The molecule has 1 unspecified atom stereocenters. The van der Waals surface area contributed by atoms with E-state index in [1.807, 2.05) is 24.3 Å². The van der Waals surface area contributed by atoms with Crippen LogP contribution in [-0.4, -0.2) is 41.6 Å². The van der Waals surface area contributed by atoms with Gasteiger partial charge in [0.2, 0.25) is 0 Å². The molecule has 1 atom stereocenters. The van der Waals surface area contributed by atoms with Gasteiger partial charge in [-0.15, -0.1) is 0 Å². The number of amides is 1. The minimum Gasteiger partial charge on any atom is -0.451 e. The predicted octanol–water partition coefficient (Wildman–Crippen LogP) is 3.41. The Balaban J connectivity index is 1.36. The van der Waals surface area contributed by atoms with E-state index in [0.29, 0.717) is 22.8 Å². The van der Waals surface area contributed by atoms with E-state index in [0.717, 1.165) is 16.6 Å². The Morgan fingerprint density at radius 2 is 1.88 bits per heavy atom. The molecule has 1 amide bonds. The SMILES string of the molecule is O=C(NC(=S)NC1CN2CCC1CC2)c1ccc(-c2ccc(Br)cc2)o1. The molecule has 2 bridgehead atoms. The van der Waals surface area contributed by atoms with Gasteiger partial charge in [0.15, 0.2) is 10.9 Å². The number of hydrogen-bond acceptors (Lipinski definition) is 4. The summed E-state index contributed by atoms with van der Waals surface area (Å²) in [6.07, 6.45) is 2.39. The largest absolute Gasteiger partial charge is 0.451 e. The summed E-state index contributed by atoms with van der Waals surface area (Å²) < 4.78 is 6.68. The minimum absolute atomic E-state index is 0.251. The van der Waals surface area contributed by atoms with Crippen molar-refractivity contribution in [3.05, 3.63) is 46.6 Å². The van der Waals surface area contributed by atoms with Gasteiger partial charge in [-0.2, -0.15) is 0 Å². The average Bonchev–Trinajstić information content (AvgIpc) is 3.13. The van der Waals surface area contributed by atoms with E-state index in [1.54, 1.807) is 12.1 Å². The highest BCUT2D eigenvalue weighted by atomic mass is 79.9. The lowest BCUT2D eigenvalue weighted by Gasteiger charge is -2.45. The third-order valence-corrected chi connectivity index (χ3v) is 5.91. The average molecular weight is 434 g/mol. The summed E-state index contributed by atoms with van der Waals surface area (Å²) >= 11 is 8.74. The molecule has 7 heteroatoms. The fraction of sp³-hybridized carbons (Fsp3) is 0.368. The molecule has 4 heterocycles. The van der Waals surface area contributed by atoms with E-state index < -0.39 is 0 Å². The fourth-order valence-electron chi connectivity index (χ4n) is 3.73. The summed E-state index contributed by atoms with van der Waals surface area (Å²) in [6, 6.07) is 11.5. The van der Waals surface area contributed by atoms with Gasteiger partial charge in [0.1, 0.15) is 5.76 Å². The summed E-state index contributed by atoms with van der Waals surface area (Å²) in [5, 5.41) is 6.42. The number of thiocarbonyl (C=S) groups is 1. The highest BCUT2D eigenvalue weighted by Gasteiger charge is 2.34. The molecule has 3 fully saturated rings. The summed E-state index contributed by atoms with van der Waals surface area (Å²) in [5.74, 6) is 1.22. The Morgan fingerprint density at radius 1 is 1.15 bits per heavy atom. The maximum atomic E-state index is 12.4. The second-order valence-corrected chi connectivity index (χ2v) is 8.17. The predicted molar refractivity (Wildman–Crippen MR) is 108 cm³/mol. The number of carbonyl (C=O) groups excluding carboxylic acids is 1. The van der Waals surface area contributed by atoms with Crippen LogP contribution in [0.2, 0.25) is 0 Å². The summed E-state index contributed by atoms with van der Waals surface area (Å²) in [7, 11) is 0. The molecular weight excluding hydrogens is 414 g/mol. The third-order valence-electron chi connectivity index (χ3n) is 5.16. The number of furan rings is 1. The van der Waals surface area contributed by atoms with E-state index in [4.69, 9.17) is 16.6 Å². The first kappa shape index (κ1) is 17.7. The van der Waals surface area contributed by atoms with Crippen molar-refractivity contribution in [1.82, 2.24) is 15.5 Å². The van der Waals surface area contributed by atoms with Crippen LogP contribution in [0.1, 0.15) is 23.4 Å². The van der Waals surface area contributed by atoms with Gasteiger partial charge < -0.3 is 14.6 Å². The molecule has 0 saturated carbocycles. The van der Waals surface area contributed by atoms with Crippen LogP contribution < -0.4 is 10.6 Å². The number of nitrogens with zero attached hydrogens (tertiary/aromatic N) is 1. The van der Waals surface area contributed by atoms with Gasteiger partial charge in [0, 0.05) is 22.6 Å². The standard InChI is InChI=1S/C19H20BrN3O2S/c20-14-3-1-13(2-4-14)16-5-6-17(25-16)18(24)22-19(26)21-15-11-23-9-7-12(15)8-10-23/h1-6,12,15H,7-11H2,(H2,21,22,24,26).